The van der Waals surface area contributed by atoms with E-state index in [1.54, 1.807) is 0 Å². The first-order chi connectivity index (χ1) is 9.37. The van der Waals surface area contributed by atoms with Crippen molar-refractivity contribution in [1.82, 2.24) is 0 Å². The molecule has 20 heavy (non-hydrogen) atoms. The summed E-state index contributed by atoms with van der Waals surface area (Å²) in [6.45, 7) is 7.01. The molecule has 0 aromatic rings. The van der Waals surface area contributed by atoms with Gasteiger partial charge in [0, 0.05) is 12.8 Å². The van der Waals surface area contributed by atoms with Crippen molar-refractivity contribution in [2.75, 3.05) is 0 Å². The van der Waals surface area contributed by atoms with Crippen molar-refractivity contribution in [2.24, 2.45) is 29.6 Å². The van der Waals surface area contributed by atoms with Gasteiger partial charge in [-0.1, -0.05) is 40.0 Å². The molecule has 0 aliphatic heterocycles. The molecule has 0 spiro atoms. The number of hydrogen-bond donors (Lipinski definition) is 0. The average Bonchev–Trinajstić information content (AvgIpc) is 2.38. The predicted molar refractivity (Wildman–Crippen MR) is 81.0 cm³/mol. The second kappa shape index (κ2) is 6.75. The maximum Gasteiger partial charge on any atom is 0.248 e. The van der Waals surface area contributed by atoms with Gasteiger partial charge in [-0.2, -0.15) is 0 Å². The van der Waals surface area contributed by atoms with E-state index >= 15 is 0 Å². The molecule has 118 valence electrons. The van der Waals surface area contributed by atoms with Crippen LogP contribution in [0.25, 0.3) is 0 Å². The van der Waals surface area contributed by atoms with Crippen LogP contribution in [0.3, 0.4) is 0 Å². The van der Waals surface area contributed by atoms with Gasteiger partial charge < -0.3 is 0 Å². The zero-order valence-corrected chi connectivity index (χ0v) is 13.5. The van der Waals surface area contributed by atoms with E-state index in [4.69, 9.17) is 0 Å². The maximum atomic E-state index is 13.2. The van der Waals surface area contributed by atoms with Gasteiger partial charge in [0.25, 0.3) is 0 Å². The molecule has 2 aliphatic carbocycles. The van der Waals surface area contributed by atoms with Gasteiger partial charge in [0.15, 0.2) is 0 Å². The summed E-state index contributed by atoms with van der Waals surface area (Å²) >= 11 is 0. The van der Waals surface area contributed by atoms with E-state index in [0.717, 1.165) is 30.6 Å². The molecule has 0 aromatic carbocycles. The largest absolute Gasteiger partial charge is 0.248 e. The van der Waals surface area contributed by atoms with Crippen LogP contribution in [0.5, 0.6) is 0 Å². The highest BCUT2D eigenvalue weighted by Crippen LogP contribution is 2.43. The summed E-state index contributed by atoms with van der Waals surface area (Å²) in [6.07, 6.45) is 8.55. The number of alkyl halides is 2. The highest BCUT2D eigenvalue weighted by Gasteiger charge is 2.37. The Morgan fingerprint density at radius 3 is 2.20 bits per heavy atom. The lowest BCUT2D eigenvalue weighted by molar-refractivity contribution is -0.0528. The summed E-state index contributed by atoms with van der Waals surface area (Å²) in [7, 11) is 0. The van der Waals surface area contributed by atoms with Gasteiger partial charge in [-0.05, 0) is 55.3 Å². The average molecular weight is 286 g/mol. The normalized spacial score (nSPS) is 33.3. The predicted octanol–water partition coefficient (Wildman–Crippen LogP) is 6.30. The van der Waals surface area contributed by atoms with Crippen LogP contribution < -0.4 is 0 Å². The van der Waals surface area contributed by atoms with Gasteiger partial charge in [0.2, 0.25) is 5.92 Å². The molecule has 0 saturated heterocycles. The molecule has 3 unspecified atom stereocenters. The molecular weight excluding hydrogens is 254 g/mol. The quantitative estimate of drug-likeness (QED) is 0.569. The maximum absolute atomic E-state index is 13.2. The Morgan fingerprint density at radius 2 is 1.60 bits per heavy atom. The Labute approximate surface area is 123 Å². The monoisotopic (exact) mass is 286 g/mol. The molecule has 2 heteroatoms. The Morgan fingerprint density at radius 1 is 0.950 bits per heavy atom. The van der Waals surface area contributed by atoms with E-state index < -0.39 is 5.92 Å². The van der Waals surface area contributed by atoms with E-state index in [1.165, 1.54) is 32.1 Å². The third kappa shape index (κ3) is 4.43. The Kier molecular flexibility index (Phi) is 5.48. The molecular formula is C18H32F2. The van der Waals surface area contributed by atoms with Crippen LogP contribution in [0.15, 0.2) is 0 Å². The molecule has 0 nitrogen and oxygen atoms in total. The Hall–Kier alpha value is -0.140. The van der Waals surface area contributed by atoms with Crippen LogP contribution >= 0.6 is 0 Å². The lowest BCUT2D eigenvalue weighted by Gasteiger charge is -2.37. The first-order valence-electron chi connectivity index (χ1n) is 8.75. The third-order valence-corrected chi connectivity index (χ3v) is 6.04. The fourth-order valence-electron chi connectivity index (χ4n) is 4.50. The van der Waals surface area contributed by atoms with Gasteiger partial charge in [0.1, 0.15) is 0 Å². The number of rotatable bonds is 4. The molecule has 3 atom stereocenters. The number of halogens is 2. The SMILES string of the molecule is CC(C)C1CCCC(CC(C)C2CCC(F)(F)CC2)C1. The Balaban J connectivity index is 1.78. The van der Waals surface area contributed by atoms with Crippen molar-refractivity contribution >= 4 is 0 Å². The molecule has 0 amide bonds. The summed E-state index contributed by atoms with van der Waals surface area (Å²) in [4.78, 5) is 0. The smallest absolute Gasteiger partial charge is 0.207 e. The van der Waals surface area contributed by atoms with Gasteiger partial charge in [0.05, 0.1) is 0 Å². The van der Waals surface area contributed by atoms with Crippen LogP contribution in [0, 0.1) is 29.6 Å². The van der Waals surface area contributed by atoms with E-state index in [2.05, 4.69) is 20.8 Å². The molecule has 2 aliphatic rings. The number of hydrogen-bond acceptors (Lipinski definition) is 0. The summed E-state index contributed by atoms with van der Waals surface area (Å²) < 4.78 is 26.5. The fraction of sp³-hybridized carbons (Fsp3) is 1.00. The van der Waals surface area contributed by atoms with Gasteiger partial charge in [-0.15, -0.1) is 0 Å². The molecule has 2 saturated carbocycles. The van der Waals surface area contributed by atoms with Crippen molar-refractivity contribution in [1.29, 1.82) is 0 Å². The molecule has 0 heterocycles. The lowest BCUT2D eigenvalue weighted by atomic mass is 9.70. The molecule has 0 aromatic heterocycles. The first kappa shape index (κ1) is 16.2. The van der Waals surface area contributed by atoms with E-state index in [9.17, 15) is 8.78 Å². The van der Waals surface area contributed by atoms with E-state index in [0.29, 0.717) is 11.8 Å². The van der Waals surface area contributed by atoms with Crippen LogP contribution in [0.2, 0.25) is 0 Å². The first-order valence-corrected chi connectivity index (χ1v) is 8.75. The summed E-state index contributed by atoms with van der Waals surface area (Å²) in [5.74, 6) is 1.38. The standard InChI is InChI=1S/C18H32F2/c1-13(2)17-6-4-5-15(12-17)11-14(3)16-7-9-18(19,20)10-8-16/h13-17H,4-12H2,1-3H3. The minimum atomic E-state index is -2.37. The molecule has 0 bridgehead atoms. The summed E-state index contributed by atoms with van der Waals surface area (Å²) in [5.41, 5.74) is 0. The molecule has 2 fully saturated rings. The van der Waals surface area contributed by atoms with Crippen molar-refractivity contribution in [2.45, 2.75) is 84.5 Å². The highest BCUT2D eigenvalue weighted by molar-refractivity contribution is 4.83. The van der Waals surface area contributed by atoms with E-state index in [-0.39, 0.29) is 12.8 Å². The lowest BCUT2D eigenvalue weighted by Crippen LogP contribution is -2.29. The minimum Gasteiger partial charge on any atom is -0.207 e. The topological polar surface area (TPSA) is 0 Å². The second-order valence-corrected chi connectivity index (χ2v) is 7.94. The third-order valence-electron chi connectivity index (χ3n) is 6.04. The van der Waals surface area contributed by atoms with Crippen molar-refractivity contribution in [3.05, 3.63) is 0 Å². The van der Waals surface area contributed by atoms with Gasteiger partial charge in [-0.25, -0.2) is 8.78 Å². The van der Waals surface area contributed by atoms with Crippen molar-refractivity contribution in [3.8, 4) is 0 Å². The summed E-state index contributed by atoms with van der Waals surface area (Å²) in [5, 5.41) is 0. The van der Waals surface area contributed by atoms with Crippen LogP contribution in [0.4, 0.5) is 8.78 Å². The Bertz CT molecular complexity index is 288. The van der Waals surface area contributed by atoms with Crippen LogP contribution in [0.1, 0.15) is 78.6 Å². The molecule has 0 N–H and O–H groups in total. The fourth-order valence-corrected chi connectivity index (χ4v) is 4.50. The van der Waals surface area contributed by atoms with Crippen molar-refractivity contribution in [3.63, 3.8) is 0 Å². The molecule has 2 rings (SSSR count). The van der Waals surface area contributed by atoms with Crippen LogP contribution in [-0.2, 0) is 0 Å². The minimum absolute atomic E-state index is 0.126. The second-order valence-electron chi connectivity index (χ2n) is 7.94. The van der Waals surface area contributed by atoms with Gasteiger partial charge in [-0.3, -0.25) is 0 Å². The zero-order valence-electron chi connectivity index (χ0n) is 13.5. The molecule has 0 radical (unpaired) electrons. The van der Waals surface area contributed by atoms with E-state index in [1.807, 2.05) is 0 Å². The van der Waals surface area contributed by atoms with Gasteiger partial charge >= 0.3 is 0 Å². The highest BCUT2D eigenvalue weighted by atomic mass is 19.3. The van der Waals surface area contributed by atoms with Crippen LogP contribution in [-0.4, -0.2) is 5.92 Å². The van der Waals surface area contributed by atoms with Crippen molar-refractivity contribution < 1.29 is 8.78 Å². The summed E-state index contributed by atoms with van der Waals surface area (Å²) in [6, 6.07) is 0. The zero-order chi connectivity index (χ0) is 14.8.